The van der Waals surface area contributed by atoms with Crippen LogP contribution in [0.15, 0.2) is 0 Å². The van der Waals surface area contributed by atoms with Gasteiger partial charge >= 0.3 is 5.97 Å². The quantitative estimate of drug-likeness (QED) is 0.445. The van der Waals surface area contributed by atoms with Crippen LogP contribution in [0.4, 0.5) is 0 Å². The van der Waals surface area contributed by atoms with Gasteiger partial charge in [-0.25, -0.2) is 0 Å². The van der Waals surface area contributed by atoms with E-state index >= 15 is 0 Å². The Hall–Kier alpha value is 0.510. The first-order valence-electron chi connectivity index (χ1n) is 2.80. The van der Waals surface area contributed by atoms with Crippen LogP contribution in [-0.2, 0) is 4.79 Å². The van der Waals surface area contributed by atoms with Gasteiger partial charge in [-0.2, -0.15) is 11.8 Å². The first-order valence-corrected chi connectivity index (χ1v) is 5.48. The number of carboxylic acid groups (broad SMARTS) is 1. The van der Waals surface area contributed by atoms with E-state index in [1.807, 2.05) is 0 Å². The molecule has 0 fully saturated rings. The molecule has 3 nitrogen and oxygen atoms in total. The molecule has 0 saturated carbocycles. The van der Waals surface area contributed by atoms with E-state index in [0.29, 0.717) is 6.42 Å². The Morgan fingerprint density at radius 2 is 2.40 bits per heavy atom. The van der Waals surface area contributed by atoms with Gasteiger partial charge in [-0.15, -0.1) is 0 Å². The molecule has 1 atom stereocenters. The van der Waals surface area contributed by atoms with Gasteiger partial charge in [-0.1, -0.05) is 22.6 Å². The highest BCUT2D eigenvalue weighted by molar-refractivity contribution is 14.1. The van der Waals surface area contributed by atoms with E-state index in [0.717, 1.165) is 9.51 Å². The van der Waals surface area contributed by atoms with Crippen molar-refractivity contribution < 1.29 is 9.90 Å². The molecule has 60 valence electrons. The Bertz CT molecular complexity index is 112. The fourth-order valence-electron chi connectivity index (χ4n) is 0.388. The molecule has 0 bridgehead atoms. The van der Waals surface area contributed by atoms with E-state index in [1.165, 1.54) is 0 Å². The zero-order valence-electron chi connectivity index (χ0n) is 5.42. The van der Waals surface area contributed by atoms with Gasteiger partial charge in [0.15, 0.2) is 0 Å². The van der Waals surface area contributed by atoms with Crippen molar-refractivity contribution in [1.82, 2.24) is 0 Å². The van der Waals surface area contributed by atoms with Crippen LogP contribution in [0.5, 0.6) is 0 Å². The van der Waals surface area contributed by atoms with Crippen LogP contribution in [0.1, 0.15) is 6.42 Å². The van der Waals surface area contributed by atoms with Crippen molar-refractivity contribution in [2.45, 2.75) is 12.5 Å². The average Bonchev–Trinajstić information content (AvgIpc) is 1.88. The fraction of sp³-hybridized carbons (Fsp3) is 0.800. The van der Waals surface area contributed by atoms with Gasteiger partial charge in [-0.05, 0) is 12.2 Å². The van der Waals surface area contributed by atoms with Gasteiger partial charge < -0.3 is 10.8 Å². The lowest BCUT2D eigenvalue weighted by Crippen LogP contribution is -2.30. The SMILES string of the molecule is N[C@@H](CCSCI)C(=O)O. The van der Waals surface area contributed by atoms with Crippen LogP contribution in [0.25, 0.3) is 0 Å². The molecule has 0 spiro atoms. The summed E-state index contributed by atoms with van der Waals surface area (Å²) < 4.78 is 0.990. The minimum atomic E-state index is -0.908. The predicted octanol–water partition coefficient (Wildman–Crippen LogP) is 0.914. The van der Waals surface area contributed by atoms with Gasteiger partial charge in [-0.3, -0.25) is 4.79 Å². The lowest BCUT2D eigenvalue weighted by molar-refractivity contribution is -0.138. The van der Waals surface area contributed by atoms with E-state index in [9.17, 15) is 4.79 Å². The van der Waals surface area contributed by atoms with Gasteiger partial charge in [0.25, 0.3) is 0 Å². The Morgan fingerprint density at radius 3 is 2.80 bits per heavy atom. The Morgan fingerprint density at radius 1 is 1.80 bits per heavy atom. The maximum Gasteiger partial charge on any atom is 0.320 e. The molecule has 0 amide bonds. The molecule has 0 heterocycles. The third kappa shape index (κ3) is 5.31. The maximum atomic E-state index is 10.2. The summed E-state index contributed by atoms with van der Waals surface area (Å²) in [5.41, 5.74) is 5.24. The molecule has 0 aromatic heterocycles. The van der Waals surface area contributed by atoms with Crippen molar-refractivity contribution in [2.24, 2.45) is 5.73 Å². The van der Waals surface area contributed by atoms with Crippen molar-refractivity contribution in [3.8, 4) is 0 Å². The summed E-state index contributed by atoms with van der Waals surface area (Å²) in [5, 5.41) is 8.35. The van der Waals surface area contributed by atoms with E-state index in [1.54, 1.807) is 11.8 Å². The molecule has 0 aliphatic carbocycles. The van der Waals surface area contributed by atoms with Gasteiger partial charge in [0.05, 0.1) is 0 Å². The number of alkyl halides is 1. The second kappa shape index (κ2) is 6.23. The lowest BCUT2D eigenvalue weighted by atomic mass is 10.2. The smallest absolute Gasteiger partial charge is 0.320 e. The van der Waals surface area contributed by atoms with E-state index in [2.05, 4.69) is 22.6 Å². The summed E-state index contributed by atoms with van der Waals surface area (Å²) in [5.74, 6) is -0.0785. The molecule has 0 aliphatic rings. The summed E-state index contributed by atoms with van der Waals surface area (Å²) >= 11 is 3.92. The summed E-state index contributed by atoms with van der Waals surface area (Å²) in [6, 6.07) is -0.685. The standard InChI is InChI=1S/C5H10INO2S/c6-3-10-2-1-4(7)5(8)9/h4H,1-3,7H2,(H,8,9)/t4-/m0/s1. The van der Waals surface area contributed by atoms with Crippen molar-refractivity contribution in [3.63, 3.8) is 0 Å². The van der Waals surface area contributed by atoms with Crippen molar-refractivity contribution >= 4 is 40.3 Å². The van der Waals surface area contributed by atoms with Crippen LogP contribution in [0.3, 0.4) is 0 Å². The van der Waals surface area contributed by atoms with Crippen LogP contribution in [0.2, 0.25) is 0 Å². The van der Waals surface area contributed by atoms with Crippen molar-refractivity contribution in [3.05, 3.63) is 0 Å². The minimum absolute atomic E-state index is 0.559. The number of carbonyl (C=O) groups is 1. The maximum absolute atomic E-state index is 10.2. The summed E-state index contributed by atoms with van der Waals surface area (Å²) in [6.45, 7) is 0. The molecule has 0 saturated heterocycles. The topological polar surface area (TPSA) is 63.3 Å². The van der Waals surface area contributed by atoms with Crippen LogP contribution < -0.4 is 5.73 Å². The number of rotatable bonds is 5. The number of hydrogen-bond donors (Lipinski definition) is 2. The first-order chi connectivity index (χ1) is 4.68. The van der Waals surface area contributed by atoms with E-state index < -0.39 is 12.0 Å². The number of nitrogens with two attached hydrogens (primary N) is 1. The highest BCUT2D eigenvalue weighted by atomic mass is 127. The number of aliphatic carboxylic acids is 1. The Kier molecular flexibility index (Phi) is 6.55. The van der Waals surface area contributed by atoms with Crippen LogP contribution in [0, 0.1) is 0 Å². The van der Waals surface area contributed by atoms with E-state index in [-0.39, 0.29) is 0 Å². The third-order valence-electron chi connectivity index (χ3n) is 0.968. The number of hydrogen-bond acceptors (Lipinski definition) is 3. The molecule has 0 aromatic rings. The molecule has 0 rings (SSSR count). The largest absolute Gasteiger partial charge is 0.480 e. The molecule has 0 unspecified atom stereocenters. The highest BCUT2D eigenvalue weighted by Gasteiger charge is 2.09. The summed E-state index contributed by atoms with van der Waals surface area (Å²) in [7, 11) is 0. The zero-order chi connectivity index (χ0) is 7.98. The highest BCUT2D eigenvalue weighted by Crippen LogP contribution is 2.07. The predicted molar refractivity (Wildman–Crippen MR) is 51.6 cm³/mol. The van der Waals surface area contributed by atoms with Crippen molar-refractivity contribution in [2.75, 3.05) is 9.51 Å². The Labute approximate surface area is 77.9 Å². The lowest BCUT2D eigenvalue weighted by Gasteiger charge is -2.03. The number of carboxylic acids is 1. The number of halogens is 1. The van der Waals surface area contributed by atoms with Crippen LogP contribution in [-0.4, -0.2) is 26.6 Å². The fourth-order valence-corrected chi connectivity index (χ4v) is 1.85. The molecule has 3 N–H and O–H groups in total. The normalized spacial score (nSPS) is 13.0. The molecular formula is C5H10INO2S. The summed E-state index contributed by atoms with van der Waals surface area (Å²) in [6.07, 6.45) is 0.559. The van der Waals surface area contributed by atoms with Gasteiger partial charge in [0, 0.05) is 3.76 Å². The van der Waals surface area contributed by atoms with Gasteiger partial charge in [0.1, 0.15) is 6.04 Å². The van der Waals surface area contributed by atoms with E-state index in [4.69, 9.17) is 10.8 Å². The first kappa shape index (κ1) is 10.5. The summed E-state index contributed by atoms with van der Waals surface area (Å²) in [4.78, 5) is 10.2. The molecular weight excluding hydrogens is 265 g/mol. The monoisotopic (exact) mass is 275 g/mol. The zero-order valence-corrected chi connectivity index (χ0v) is 8.39. The van der Waals surface area contributed by atoms with Crippen LogP contribution >= 0.6 is 34.4 Å². The molecule has 5 heteroatoms. The second-order valence-corrected chi connectivity index (χ2v) is 4.65. The molecule has 10 heavy (non-hydrogen) atoms. The minimum Gasteiger partial charge on any atom is -0.480 e. The number of thioether (sulfide) groups is 1. The molecule has 0 aliphatic heterocycles. The Balaban J connectivity index is 3.21. The van der Waals surface area contributed by atoms with Crippen molar-refractivity contribution in [1.29, 1.82) is 0 Å². The molecule has 0 radical (unpaired) electrons. The third-order valence-corrected chi connectivity index (χ3v) is 2.97. The average molecular weight is 275 g/mol. The second-order valence-electron chi connectivity index (χ2n) is 1.75. The van der Waals surface area contributed by atoms with Gasteiger partial charge in [0.2, 0.25) is 0 Å². The molecule has 0 aromatic carbocycles.